The molecular weight excluding hydrogens is 232 g/mol. The van der Waals surface area contributed by atoms with E-state index in [1.165, 1.54) is 17.7 Å². The molecule has 0 unspecified atom stereocenters. The monoisotopic (exact) mass is 246 g/mol. The molecule has 0 radical (unpaired) electrons. The number of hydrazone groups is 1. The van der Waals surface area contributed by atoms with Gasteiger partial charge >= 0.3 is 0 Å². The van der Waals surface area contributed by atoms with Gasteiger partial charge in [-0.25, -0.2) is 10.0 Å². The number of anilines is 1. The van der Waals surface area contributed by atoms with Gasteiger partial charge in [0, 0.05) is 7.05 Å². The van der Waals surface area contributed by atoms with Crippen LogP contribution in [0.15, 0.2) is 34.4 Å². The number of rotatable bonds is 3. The molecule has 3 N–H and O–H groups in total. The first-order chi connectivity index (χ1) is 8.70. The second-order valence-electron chi connectivity index (χ2n) is 3.72. The van der Waals surface area contributed by atoms with E-state index in [0.717, 1.165) is 0 Å². The van der Waals surface area contributed by atoms with Gasteiger partial charge in [0.05, 0.1) is 17.7 Å². The van der Waals surface area contributed by atoms with Crippen molar-refractivity contribution >= 4 is 30.0 Å². The number of nitrogens with one attached hydrogen (secondary N) is 1. The van der Waals surface area contributed by atoms with E-state index in [4.69, 9.17) is 5.73 Å². The minimum atomic E-state index is -0.0981. The number of carbonyl (C=O) groups is 1. The second-order valence-corrected chi connectivity index (χ2v) is 3.72. The molecular formula is C11H14N6O. The Kier molecular flexibility index (Phi) is 3.42. The lowest BCUT2D eigenvalue weighted by Crippen LogP contribution is -2.44. The van der Waals surface area contributed by atoms with Gasteiger partial charge in [-0.3, -0.25) is 15.2 Å². The van der Waals surface area contributed by atoms with Crippen LogP contribution in [0.1, 0.15) is 0 Å². The molecule has 94 valence electrons. The quantitative estimate of drug-likeness (QED) is 0.595. The van der Waals surface area contributed by atoms with Crippen molar-refractivity contribution in [2.75, 3.05) is 19.0 Å². The van der Waals surface area contributed by atoms with Crippen LogP contribution in [0, 0.1) is 0 Å². The first-order valence-corrected chi connectivity index (χ1v) is 5.38. The lowest BCUT2D eigenvalue weighted by Gasteiger charge is -2.26. The molecule has 0 bridgehead atoms. The van der Waals surface area contributed by atoms with Crippen LogP contribution >= 0.6 is 0 Å². The van der Waals surface area contributed by atoms with Gasteiger partial charge in [-0.05, 0) is 12.1 Å². The SMILES string of the molecule is CN1CC(=O)N(Nc2ccccc2N=CN)C=N1. The fraction of sp³-hybridized carbons (Fsp3) is 0.182. The Hall–Kier alpha value is -2.57. The zero-order valence-corrected chi connectivity index (χ0v) is 9.95. The normalized spacial score (nSPS) is 15.5. The maximum Gasteiger partial charge on any atom is 0.267 e. The average molecular weight is 246 g/mol. The summed E-state index contributed by atoms with van der Waals surface area (Å²) in [5.74, 6) is -0.0981. The van der Waals surface area contributed by atoms with Crippen LogP contribution < -0.4 is 11.2 Å². The molecule has 7 heteroatoms. The first-order valence-electron chi connectivity index (χ1n) is 5.38. The van der Waals surface area contributed by atoms with Gasteiger partial charge < -0.3 is 5.73 Å². The van der Waals surface area contributed by atoms with E-state index >= 15 is 0 Å². The van der Waals surface area contributed by atoms with Gasteiger partial charge in [-0.1, -0.05) is 12.1 Å². The largest absolute Gasteiger partial charge is 0.390 e. The van der Waals surface area contributed by atoms with E-state index in [2.05, 4.69) is 15.5 Å². The summed E-state index contributed by atoms with van der Waals surface area (Å²) in [6.07, 6.45) is 2.63. The molecule has 0 spiro atoms. The van der Waals surface area contributed by atoms with Crippen molar-refractivity contribution in [2.45, 2.75) is 0 Å². The zero-order valence-electron chi connectivity index (χ0n) is 9.95. The van der Waals surface area contributed by atoms with Crippen LogP contribution in [-0.4, -0.2) is 42.2 Å². The molecule has 1 aromatic carbocycles. The van der Waals surface area contributed by atoms with Crippen LogP contribution in [-0.2, 0) is 4.79 Å². The van der Waals surface area contributed by atoms with Crippen molar-refractivity contribution in [3.63, 3.8) is 0 Å². The van der Waals surface area contributed by atoms with E-state index in [9.17, 15) is 4.79 Å². The maximum absolute atomic E-state index is 11.7. The predicted molar refractivity (Wildman–Crippen MR) is 70.4 cm³/mol. The van der Waals surface area contributed by atoms with Gasteiger partial charge in [0.1, 0.15) is 12.9 Å². The Balaban J connectivity index is 2.19. The Labute approximate surface area is 105 Å². The minimum absolute atomic E-state index is 0.0981. The van der Waals surface area contributed by atoms with E-state index in [-0.39, 0.29) is 12.5 Å². The fourth-order valence-electron chi connectivity index (χ4n) is 1.50. The van der Waals surface area contributed by atoms with Crippen molar-refractivity contribution in [2.24, 2.45) is 15.8 Å². The van der Waals surface area contributed by atoms with Crippen molar-refractivity contribution in [1.82, 2.24) is 10.0 Å². The number of hydrogen-bond acceptors (Lipinski definition) is 5. The van der Waals surface area contributed by atoms with E-state index in [0.29, 0.717) is 11.4 Å². The van der Waals surface area contributed by atoms with Crippen LogP contribution in [0.2, 0.25) is 0 Å². The van der Waals surface area contributed by atoms with Crippen molar-refractivity contribution in [3.8, 4) is 0 Å². The standard InChI is InChI=1S/C11H14N6O/c1-16-6-11(18)17(8-14-16)15-10-5-3-2-4-9(10)13-7-12/h2-5,7-8,15H,6H2,1H3,(H2,12,13). The third-order valence-corrected chi connectivity index (χ3v) is 2.36. The number of aliphatic imine (C=N–C) groups is 1. The van der Waals surface area contributed by atoms with E-state index in [1.807, 2.05) is 18.2 Å². The summed E-state index contributed by atoms with van der Waals surface area (Å²) in [4.78, 5) is 15.8. The number of hydrazine groups is 1. The molecule has 1 aromatic rings. The summed E-state index contributed by atoms with van der Waals surface area (Å²) in [6.45, 7) is 0.228. The highest BCUT2D eigenvalue weighted by Gasteiger charge is 2.18. The Morgan fingerprint density at radius 2 is 2.28 bits per heavy atom. The van der Waals surface area contributed by atoms with Gasteiger partial charge in [0.15, 0.2) is 0 Å². The van der Waals surface area contributed by atoms with Crippen LogP contribution in [0.5, 0.6) is 0 Å². The number of benzene rings is 1. The predicted octanol–water partition coefficient (Wildman–Crippen LogP) is 0.349. The van der Waals surface area contributed by atoms with Gasteiger partial charge in [-0.15, -0.1) is 0 Å². The molecule has 0 fully saturated rings. The number of likely N-dealkylation sites (N-methyl/N-ethyl adjacent to an activating group) is 1. The average Bonchev–Trinajstić information content (AvgIpc) is 2.35. The molecule has 0 saturated heterocycles. The molecule has 18 heavy (non-hydrogen) atoms. The molecule has 1 heterocycles. The molecule has 1 aliphatic heterocycles. The van der Waals surface area contributed by atoms with Crippen molar-refractivity contribution in [1.29, 1.82) is 0 Å². The Morgan fingerprint density at radius 3 is 3.00 bits per heavy atom. The highest BCUT2D eigenvalue weighted by atomic mass is 16.2. The summed E-state index contributed by atoms with van der Waals surface area (Å²) in [7, 11) is 1.73. The molecule has 0 aromatic heterocycles. The lowest BCUT2D eigenvalue weighted by molar-refractivity contribution is -0.128. The topological polar surface area (TPSA) is 86.3 Å². The second kappa shape index (κ2) is 5.17. The summed E-state index contributed by atoms with van der Waals surface area (Å²) >= 11 is 0. The number of hydrogen-bond donors (Lipinski definition) is 2. The number of carbonyl (C=O) groups excluding carboxylic acids is 1. The third-order valence-electron chi connectivity index (χ3n) is 2.36. The van der Waals surface area contributed by atoms with Gasteiger partial charge in [-0.2, -0.15) is 5.10 Å². The van der Waals surface area contributed by atoms with E-state index < -0.39 is 0 Å². The molecule has 7 nitrogen and oxygen atoms in total. The zero-order chi connectivity index (χ0) is 13.0. The minimum Gasteiger partial charge on any atom is -0.390 e. The van der Waals surface area contributed by atoms with Crippen molar-refractivity contribution in [3.05, 3.63) is 24.3 Å². The number of nitrogens with two attached hydrogens (primary N) is 1. The smallest absolute Gasteiger partial charge is 0.267 e. The highest BCUT2D eigenvalue weighted by molar-refractivity contribution is 5.92. The number of amides is 1. The maximum atomic E-state index is 11.7. The summed E-state index contributed by atoms with van der Waals surface area (Å²) < 4.78 is 0. The Bertz CT molecular complexity index is 498. The fourth-order valence-corrected chi connectivity index (χ4v) is 1.50. The van der Waals surface area contributed by atoms with Crippen LogP contribution in [0.3, 0.4) is 0 Å². The number of nitrogens with zero attached hydrogens (tertiary/aromatic N) is 4. The first kappa shape index (κ1) is 11.9. The third kappa shape index (κ3) is 2.57. The summed E-state index contributed by atoms with van der Waals surface area (Å²) in [5, 5.41) is 6.91. The van der Waals surface area contributed by atoms with Crippen molar-refractivity contribution < 1.29 is 4.79 Å². The molecule has 0 aliphatic carbocycles. The van der Waals surface area contributed by atoms with E-state index in [1.54, 1.807) is 18.1 Å². The summed E-state index contributed by atoms with van der Waals surface area (Å²) in [5.41, 5.74) is 9.55. The molecule has 1 aliphatic rings. The lowest BCUT2D eigenvalue weighted by atomic mass is 10.3. The molecule has 1 amide bonds. The molecule has 0 atom stereocenters. The Morgan fingerprint density at radius 1 is 1.50 bits per heavy atom. The number of para-hydroxylation sites is 2. The van der Waals surface area contributed by atoms with Gasteiger partial charge in [0.2, 0.25) is 0 Å². The van der Waals surface area contributed by atoms with Crippen LogP contribution in [0.25, 0.3) is 0 Å². The molecule has 0 saturated carbocycles. The summed E-state index contributed by atoms with van der Waals surface area (Å²) in [6, 6.07) is 7.29. The van der Waals surface area contributed by atoms with Gasteiger partial charge in [0.25, 0.3) is 5.91 Å². The van der Waals surface area contributed by atoms with Crippen LogP contribution in [0.4, 0.5) is 11.4 Å². The molecule has 2 rings (SSSR count). The highest BCUT2D eigenvalue weighted by Crippen LogP contribution is 2.24.